The minimum Gasteiger partial charge on any atom is -0.490 e. The number of carbonyl (C=O) groups excluding carboxylic acids is 1. The molecule has 0 saturated heterocycles. The highest BCUT2D eigenvalue weighted by Crippen LogP contribution is 2.24. The van der Waals surface area contributed by atoms with Gasteiger partial charge in [-0.15, -0.1) is 11.3 Å². The maximum atomic E-state index is 12.7. The number of rotatable bonds is 6. The summed E-state index contributed by atoms with van der Waals surface area (Å²) in [7, 11) is 0. The number of aryl methyl sites for hydroxylation is 1. The first-order valence-electron chi connectivity index (χ1n) is 7.70. The number of amides is 1. The molecule has 3 aromatic heterocycles. The van der Waals surface area contributed by atoms with Crippen LogP contribution in [0, 0.1) is 6.92 Å². The van der Waals surface area contributed by atoms with Crippen LogP contribution in [-0.4, -0.2) is 33.0 Å². The third-order valence-corrected chi connectivity index (χ3v) is 4.59. The fraction of sp³-hybridized carbons (Fsp3) is 0.235. The van der Waals surface area contributed by atoms with Crippen LogP contribution in [0.2, 0.25) is 0 Å². The summed E-state index contributed by atoms with van der Waals surface area (Å²) in [6.45, 7) is 4.05. The van der Waals surface area contributed by atoms with E-state index in [9.17, 15) is 14.7 Å². The van der Waals surface area contributed by atoms with Gasteiger partial charge in [-0.25, -0.2) is 9.78 Å². The number of nitrogens with one attached hydrogen (secondary N) is 1. The molecule has 1 atom stereocenters. The monoisotopic (exact) mass is 359 g/mol. The molecular weight excluding hydrogens is 342 g/mol. The first-order chi connectivity index (χ1) is 12.0. The van der Waals surface area contributed by atoms with Gasteiger partial charge in [-0.2, -0.15) is 0 Å². The molecule has 0 fully saturated rings. The van der Waals surface area contributed by atoms with Crippen LogP contribution in [0.15, 0.2) is 35.8 Å². The fourth-order valence-electron chi connectivity index (χ4n) is 2.61. The quantitative estimate of drug-likeness (QED) is 0.706. The number of fused-ring (bicyclic) bond motifs is 1. The predicted octanol–water partition coefficient (Wildman–Crippen LogP) is 2.66. The van der Waals surface area contributed by atoms with Crippen molar-refractivity contribution in [2.75, 3.05) is 6.61 Å². The molecule has 1 amide bonds. The molecule has 7 nitrogen and oxygen atoms in total. The van der Waals surface area contributed by atoms with Gasteiger partial charge in [0, 0.05) is 11.1 Å². The van der Waals surface area contributed by atoms with E-state index in [-0.39, 0.29) is 0 Å². The van der Waals surface area contributed by atoms with Gasteiger partial charge < -0.3 is 15.2 Å². The topological polar surface area (TPSA) is 92.9 Å². The van der Waals surface area contributed by atoms with Crippen molar-refractivity contribution < 1.29 is 19.4 Å². The molecule has 3 aromatic rings. The molecule has 2 N–H and O–H groups in total. The highest BCUT2D eigenvalue weighted by molar-refractivity contribution is 7.10. The van der Waals surface area contributed by atoms with Crippen LogP contribution in [0.3, 0.4) is 0 Å². The number of carboxylic acid groups (broad SMARTS) is 1. The SMILES string of the molecule is CCOc1cccn2c(C(=O)NC(C(=O)O)c3cccs3)c(C)nc12. The average molecular weight is 359 g/mol. The summed E-state index contributed by atoms with van der Waals surface area (Å²) in [4.78, 5) is 29.2. The zero-order chi connectivity index (χ0) is 18.0. The number of pyridine rings is 1. The van der Waals surface area contributed by atoms with Gasteiger partial charge in [-0.1, -0.05) is 6.07 Å². The van der Waals surface area contributed by atoms with Crippen molar-refractivity contribution in [3.8, 4) is 5.75 Å². The maximum Gasteiger partial charge on any atom is 0.331 e. The highest BCUT2D eigenvalue weighted by atomic mass is 32.1. The van der Waals surface area contributed by atoms with Crippen molar-refractivity contribution in [1.82, 2.24) is 14.7 Å². The molecule has 0 radical (unpaired) electrons. The first kappa shape index (κ1) is 17.0. The summed E-state index contributed by atoms with van der Waals surface area (Å²) in [5.41, 5.74) is 1.31. The molecular formula is C17H17N3O4S. The summed E-state index contributed by atoms with van der Waals surface area (Å²) in [6.07, 6.45) is 1.70. The zero-order valence-electron chi connectivity index (χ0n) is 13.7. The number of thiophene rings is 1. The molecule has 130 valence electrons. The summed E-state index contributed by atoms with van der Waals surface area (Å²) in [5, 5.41) is 13.8. The van der Waals surface area contributed by atoms with E-state index in [1.807, 2.05) is 6.92 Å². The Morgan fingerprint density at radius 2 is 2.20 bits per heavy atom. The number of imidazole rings is 1. The van der Waals surface area contributed by atoms with Gasteiger partial charge in [0.05, 0.1) is 12.3 Å². The summed E-state index contributed by atoms with van der Waals surface area (Å²) < 4.78 is 7.15. The van der Waals surface area contributed by atoms with E-state index in [1.165, 1.54) is 11.3 Å². The van der Waals surface area contributed by atoms with E-state index < -0.39 is 17.9 Å². The van der Waals surface area contributed by atoms with Gasteiger partial charge >= 0.3 is 5.97 Å². The number of hydrogen-bond donors (Lipinski definition) is 2. The van der Waals surface area contributed by atoms with Crippen LogP contribution < -0.4 is 10.1 Å². The van der Waals surface area contributed by atoms with Gasteiger partial charge in [0.25, 0.3) is 5.91 Å². The molecule has 0 aromatic carbocycles. The van der Waals surface area contributed by atoms with Gasteiger partial charge in [-0.05, 0) is 37.4 Å². The summed E-state index contributed by atoms with van der Waals surface area (Å²) in [6, 6.07) is 5.85. The molecule has 8 heteroatoms. The Morgan fingerprint density at radius 1 is 1.40 bits per heavy atom. The largest absolute Gasteiger partial charge is 0.490 e. The lowest BCUT2D eigenvalue weighted by atomic mass is 10.2. The van der Waals surface area contributed by atoms with Gasteiger partial charge in [0.2, 0.25) is 0 Å². The van der Waals surface area contributed by atoms with Crippen molar-refractivity contribution in [3.63, 3.8) is 0 Å². The van der Waals surface area contributed by atoms with E-state index >= 15 is 0 Å². The molecule has 0 aliphatic heterocycles. The molecule has 1 unspecified atom stereocenters. The summed E-state index contributed by atoms with van der Waals surface area (Å²) in [5.74, 6) is -1.04. The molecule has 0 saturated carbocycles. The number of hydrogen-bond acceptors (Lipinski definition) is 5. The number of carbonyl (C=O) groups is 2. The minimum atomic E-state index is -1.11. The average Bonchev–Trinajstić information content (AvgIpc) is 3.20. The number of aliphatic carboxylic acids is 1. The second-order valence-corrected chi connectivity index (χ2v) is 6.28. The van der Waals surface area contributed by atoms with Crippen LogP contribution >= 0.6 is 11.3 Å². The maximum absolute atomic E-state index is 12.7. The van der Waals surface area contributed by atoms with E-state index in [0.29, 0.717) is 34.3 Å². The standard InChI is InChI=1S/C17H17N3O4S/c1-3-24-11-6-4-8-20-14(10(2)18-15(11)20)16(21)19-13(17(22)23)12-7-5-9-25-12/h4-9,13H,3H2,1-2H3,(H,19,21)(H,22,23). The Morgan fingerprint density at radius 3 is 2.84 bits per heavy atom. The van der Waals surface area contributed by atoms with Crippen LogP contribution in [0.1, 0.15) is 34.0 Å². The normalized spacial score (nSPS) is 12.1. The second-order valence-electron chi connectivity index (χ2n) is 5.31. The van der Waals surface area contributed by atoms with Crippen LogP contribution in [0.4, 0.5) is 0 Å². The van der Waals surface area contributed by atoms with E-state index in [1.54, 1.807) is 47.2 Å². The lowest BCUT2D eigenvalue weighted by Gasteiger charge is -2.13. The molecule has 3 rings (SSSR count). The number of nitrogens with zero attached hydrogens (tertiary/aromatic N) is 2. The van der Waals surface area contributed by atoms with Crippen molar-refractivity contribution in [2.24, 2.45) is 0 Å². The molecule has 0 aliphatic rings. The Labute approximate surface area is 147 Å². The van der Waals surface area contributed by atoms with E-state index in [0.717, 1.165) is 0 Å². The second kappa shape index (κ2) is 6.94. The lowest BCUT2D eigenvalue weighted by Crippen LogP contribution is -2.34. The zero-order valence-corrected chi connectivity index (χ0v) is 14.5. The van der Waals surface area contributed by atoms with Gasteiger partial charge in [0.15, 0.2) is 17.4 Å². The predicted molar refractivity (Wildman–Crippen MR) is 93.3 cm³/mol. The molecule has 0 spiro atoms. The van der Waals surface area contributed by atoms with Crippen molar-refractivity contribution in [1.29, 1.82) is 0 Å². The Bertz CT molecular complexity index is 918. The smallest absolute Gasteiger partial charge is 0.331 e. The Balaban J connectivity index is 1.98. The Hall–Kier alpha value is -2.87. The van der Waals surface area contributed by atoms with Crippen LogP contribution in [0.25, 0.3) is 5.65 Å². The van der Waals surface area contributed by atoms with Gasteiger partial charge in [-0.3, -0.25) is 9.20 Å². The lowest BCUT2D eigenvalue weighted by molar-refractivity contribution is -0.139. The molecule has 0 aliphatic carbocycles. The highest BCUT2D eigenvalue weighted by Gasteiger charge is 2.26. The van der Waals surface area contributed by atoms with Crippen molar-refractivity contribution >= 4 is 28.9 Å². The number of carboxylic acids is 1. The van der Waals surface area contributed by atoms with Gasteiger partial charge in [0.1, 0.15) is 5.69 Å². The minimum absolute atomic E-state index is 0.291. The van der Waals surface area contributed by atoms with E-state index in [4.69, 9.17) is 4.74 Å². The van der Waals surface area contributed by atoms with Crippen LogP contribution in [-0.2, 0) is 4.79 Å². The van der Waals surface area contributed by atoms with Crippen molar-refractivity contribution in [3.05, 3.63) is 52.1 Å². The van der Waals surface area contributed by atoms with E-state index in [2.05, 4.69) is 10.3 Å². The van der Waals surface area contributed by atoms with Crippen molar-refractivity contribution in [2.45, 2.75) is 19.9 Å². The molecule has 3 heterocycles. The number of aromatic nitrogens is 2. The Kier molecular flexibility index (Phi) is 4.71. The third kappa shape index (κ3) is 3.20. The molecule has 25 heavy (non-hydrogen) atoms. The molecule has 0 bridgehead atoms. The number of ether oxygens (including phenoxy) is 1. The summed E-state index contributed by atoms with van der Waals surface area (Å²) >= 11 is 1.28. The van der Waals surface area contributed by atoms with Crippen LogP contribution in [0.5, 0.6) is 5.75 Å². The first-order valence-corrected chi connectivity index (χ1v) is 8.58. The third-order valence-electron chi connectivity index (χ3n) is 3.65. The fourth-order valence-corrected chi connectivity index (χ4v) is 3.37.